The summed E-state index contributed by atoms with van der Waals surface area (Å²) < 4.78 is 72.5. The number of hydrogen-bond donors (Lipinski definition) is 2. The standard InChI is InChI=1S/C26H24BrF3N4O4S/c1-3-31-25(35)22-14(2)32-24(16-9-10-16)34(22)13-15-8-11-20-18(12-15)21(27)23(38-20)17-6-4-5-7-19(17)33-39(36,37)26(28,29)30/h4-8,11-12,16,33H,3,9-10,13H2,1-2H3,(H,31,35). The predicted molar refractivity (Wildman–Crippen MR) is 144 cm³/mol. The van der Waals surface area contributed by atoms with Crippen molar-refractivity contribution >= 4 is 48.5 Å². The molecule has 5 rings (SSSR count). The van der Waals surface area contributed by atoms with Crippen molar-refractivity contribution < 1.29 is 30.8 Å². The van der Waals surface area contributed by atoms with Gasteiger partial charge in [-0.05, 0) is 72.4 Å². The minimum atomic E-state index is -5.63. The Morgan fingerprint density at radius 1 is 1.21 bits per heavy atom. The van der Waals surface area contributed by atoms with E-state index in [2.05, 4.69) is 21.2 Å². The quantitative estimate of drug-likeness (QED) is 0.239. The maximum atomic E-state index is 13.0. The lowest BCUT2D eigenvalue weighted by molar-refractivity contribution is -0.0429. The van der Waals surface area contributed by atoms with E-state index in [1.165, 1.54) is 18.2 Å². The lowest BCUT2D eigenvalue weighted by Gasteiger charge is -2.13. The van der Waals surface area contributed by atoms with Crippen LogP contribution < -0.4 is 10.0 Å². The zero-order chi connectivity index (χ0) is 28.1. The van der Waals surface area contributed by atoms with Crippen LogP contribution in [0.15, 0.2) is 51.4 Å². The summed E-state index contributed by atoms with van der Waals surface area (Å²) in [4.78, 5) is 17.5. The summed E-state index contributed by atoms with van der Waals surface area (Å²) >= 11 is 3.50. The van der Waals surface area contributed by atoms with E-state index >= 15 is 0 Å². The van der Waals surface area contributed by atoms with E-state index < -0.39 is 15.5 Å². The molecule has 2 aromatic heterocycles. The molecule has 0 atom stereocenters. The zero-order valence-corrected chi connectivity index (χ0v) is 23.3. The molecule has 1 fully saturated rings. The third kappa shape index (κ3) is 5.17. The number of benzene rings is 2. The number of carbonyl (C=O) groups is 1. The molecule has 0 radical (unpaired) electrons. The smallest absolute Gasteiger partial charge is 0.455 e. The van der Waals surface area contributed by atoms with Crippen LogP contribution in [0.25, 0.3) is 22.3 Å². The Bertz CT molecular complexity index is 1690. The Kier molecular flexibility index (Phi) is 7.00. The molecule has 1 aliphatic rings. The molecule has 1 aliphatic carbocycles. The number of nitrogens with zero attached hydrogens (tertiary/aromatic N) is 2. The predicted octanol–water partition coefficient (Wildman–Crippen LogP) is 6.30. The maximum absolute atomic E-state index is 13.0. The fourth-order valence-corrected chi connectivity index (χ4v) is 5.67. The highest BCUT2D eigenvalue weighted by Crippen LogP contribution is 2.43. The molecule has 8 nitrogen and oxygen atoms in total. The van der Waals surface area contributed by atoms with Gasteiger partial charge in [0.25, 0.3) is 5.91 Å². The van der Waals surface area contributed by atoms with Crippen molar-refractivity contribution in [2.45, 2.75) is 44.7 Å². The van der Waals surface area contributed by atoms with Crippen LogP contribution in [0.3, 0.4) is 0 Å². The number of anilines is 1. The van der Waals surface area contributed by atoms with Gasteiger partial charge in [0.2, 0.25) is 0 Å². The van der Waals surface area contributed by atoms with Crippen molar-refractivity contribution in [3.8, 4) is 11.3 Å². The van der Waals surface area contributed by atoms with E-state index in [0.29, 0.717) is 45.8 Å². The van der Waals surface area contributed by atoms with Crippen molar-refractivity contribution in [2.24, 2.45) is 0 Å². The number of aromatic nitrogens is 2. The van der Waals surface area contributed by atoms with Crippen LogP contribution in [0.1, 0.15) is 53.3 Å². The molecule has 0 spiro atoms. The van der Waals surface area contributed by atoms with Crippen molar-refractivity contribution in [3.05, 3.63) is 69.7 Å². The fraction of sp³-hybridized carbons (Fsp3) is 0.308. The van der Waals surface area contributed by atoms with Crippen LogP contribution in [0.2, 0.25) is 0 Å². The van der Waals surface area contributed by atoms with Gasteiger partial charge in [0, 0.05) is 30.0 Å². The summed E-state index contributed by atoms with van der Waals surface area (Å²) in [5.74, 6) is 1.15. The van der Waals surface area contributed by atoms with E-state index in [1.807, 2.05) is 30.5 Å². The van der Waals surface area contributed by atoms with Crippen LogP contribution in [0, 0.1) is 6.92 Å². The molecule has 4 aromatic rings. The van der Waals surface area contributed by atoms with Gasteiger partial charge in [-0.3, -0.25) is 9.52 Å². The van der Waals surface area contributed by atoms with Gasteiger partial charge in [0.15, 0.2) is 5.76 Å². The summed E-state index contributed by atoms with van der Waals surface area (Å²) in [6, 6.07) is 11.1. The minimum Gasteiger partial charge on any atom is -0.455 e. The first-order chi connectivity index (χ1) is 18.4. The van der Waals surface area contributed by atoms with Gasteiger partial charge < -0.3 is 14.3 Å². The zero-order valence-electron chi connectivity index (χ0n) is 20.9. The average Bonchev–Trinajstić information content (AvgIpc) is 3.59. The molecule has 206 valence electrons. The van der Waals surface area contributed by atoms with Crippen LogP contribution >= 0.6 is 15.9 Å². The third-order valence-corrected chi connectivity index (χ3v) is 8.30. The summed E-state index contributed by atoms with van der Waals surface area (Å²) in [5, 5.41) is 3.49. The average molecular weight is 625 g/mol. The molecule has 39 heavy (non-hydrogen) atoms. The van der Waals surface area contributed by atoms with Gasteiger partial charge in [-0.2, -0.15) is 21.6 Å². The third-order valence-electron chi connectivity index (χ3n) is 6.42. The van der Waals surface area contributed by atoms with Crippen molar-refractivity contribution in [1.82, 2.24) is 14.9 Å². The number of amides is 1. The summed E-state index contributed by atoms with van der Waals surface area (Å²) in [6.45, 7) is 4.53. The summed E-state index contributed by atoms with van der Waals surface area (Å²) in [5.41, 5.74) is -3.14. The molecule has 1 saturated carbocycles. The second-order valence-electron chi connectivity index (χ2n) is 9.30. The van der Waals surface area contributed by atoms with Crippen molar-refractivity contribution in [3.63, 3.8) is 0 Å². The largest absolute Gasteiger partial charge is 0.516 e. The number of rotatable bonds is 8. The first-order valence-corrected chi connectivity index (χ1v) is 14.4. The lowest BCUT2D eigenvalue weighted by atomic mass is 10.1. The molecular formula is C26H24BrF3N4O4S. The molecule has 0 aliphatic heterocycles. The van der Waals surface area contributed by atoms with Crippen LogP contribution in [0.4, 0.5) is 18.9 Å². The topological polar surface area (TPSA) is 106 Å². The molecule has 1 amide bonds. The van der Waals surface area contributed by atoms with Crippen LogP contribution in [-0.2, 0) is 16.6 Å². The highest BCUT2D eigenvalue weighted by atomic mass is 79.9. The fourth-order valence-electron chi connectivity index (χ4n) is 4.48. The van der Waals surface area contributed by atoms with Gasteiger partial charge in [-0.25, -0.2) is 4.98 Å². The van der Waals surface area contributed by atoms with Crippen molar-refractivity contribution in [2.75, 3.05) is 11.3 Å². The number of imidazole rings is 1. The number of fused-ring (bicyclic) bond motifs is 1. The monoisotopic (exact) mass is 624 g/mol. The van der Waals surface area contributed by atoms with E-state index in [1.54, 1.807) is 16.9 Å². The first-order valence-electron chi connectivity index (χ1n) is 12.2. The first kappa shape index (κ1) is 27.3. The highest BCUT2D eigenvalue weighted by molar-refractivity contribution is 9.10. The number of hydrogen-bond acceptors (Lipinski definition) is 5. The number of furan rings is 1. The number of halogens is 4. The minimum absolute atomic E-state index is 0.134. The SMILES string of the molecule is CCNC(=O)c1c(C)nc(C2CC2)n1Cc1ccc2oc(-c3ccccc3NS(=O)(=O)C(F)(F)F)c(Br)c2c1. The Morgan fingerprint density at radius 3 is 2.59 bits per heavy atom. The molecule has 2 N–H and O–H groups in total. The van der Waals surface area contributed by atoms with Gasteiger partial charge >= 0.3 is 15.5 Å². The van der Waals surface area contributed by atoms with Crippen LogP contribution in [-0.4, -0.2) is 35.9 Å². The lowest BCUT2D eigenvalue weighted by Crippen LogP contribution is -2.30. The van der Waals surface area contributed by atoms with Gasteiger partial charge in [0.1, 0.15) is 17.1 Å². The Hall–Kier alpha value is -3.32. The number of alkyl halides is 3. The van der Waals surface area contributed by atoms with Crippen LogP contribution in [0.5, 0.6) is 0 Å². The van der Waals surface area contributed by atoms with Crippen molar-refractivity contribution in [1.29, 1.82) is 0 Å². The molecule has 2 heterocycles. The normalized spacial score (nSPS) is 14.1. The van der Waals surface area contributed by atoms with E-state index in [-0.39, 0.29) is 22.9 Å². The number of carbonyl (C=O) groups excluding carboxylic acids is 1. The summed E-state index contributed by atoms with van der Waals surface area (Å²) in [6.07, 6.45) is 2.02. The second kappa shape index (κ2) is 10.0. The number of nitrogens with one attached hydrogen (secondary N) is 2. The Labute approximate surface area is 230 Å². The molecular weight excluding hydrogens is 601 g/mol. The Morgan fingerprint density at radius 2 is 1.92 bits per heavy atom. The van der Waals surface area contributed by atoms with Gasteiger partial charge in [0.05, 0.1) is 15.9 Å². The number of sulfonamides is 1. The molecule has 0 bridgehead atoms. The Balaban J connectivity index is 1.54. The maximum Gasteiger partial charge on any atom is 0.516 e. The van der Waals surface area contributed by atoms with Gasteiger partial charge in [-0.15, -0.1) is 0 Å². The highest BCUT2D eigenvalue weighted by Gasteiger charge is 2.46. The molecule has 0 unspecified atom stereocenters. The molecule has 13 heteroatoms. The van der Waals surface area contributed by atoms with E-state index in [4.69, 9.17) is 9.40 Å². The molecule has 0 saturated heterocycles. The second-order valence-corrected chi connectivity index (χ2v) is 11.8. The number of aryl methyl sites for hydroxylation is 1. The summed E-state index contributed by atoms with van der Waals surface area (Å²) in [7, 11) is -5.63. The molecule has 2 aromatic carbocycles. The number of para-hydroxylation sites is 1. The van der Waals surface area contributed by atoms with E-state index in [9.17, 15) is 26.4 Å². The van der Waals surface area contributed by atoms with Gasteiger partial charge in [-0.1, -0.05) is 18.2 Å². The van der Waals surface area contributed by atoms with E-state index in [0.717, 1.165) is 24.2 Å².